The predicted octanol–water partition coefficient (Wildman–Crippen LogP) is 3.80. The number of ether oxygens (including phenoxy) is 2. The Kier molecular flexibility index (Phi) is 7.57. The van der Waals surface area contributed by atoms with Crippen molar-refractivity contribution in [2.45, 2.75) is 32.6 Å². The van der Waals surface area contributed by atoms with E-state index in [1.165, 1.54) is 0 Å². The topological polar surface area (TPSA) is 55.8 Å². The minimum absolute atomic E-state index is 0.0806. The number of aldehydes is 1. The molecule has 0 spiro atoms. The summed E-state index contributed by atoms with van der Waals surface area (Å²) in [5.41, 5.74) is 1.61. The van der Waals surface area contributed by atoms with E-state index >= 15 is 0 Å². The first-order chi connectivity index (χ1) is 13.7. The summed E-state index contributed by atoms with van der Waals surface area (Å²) in [6.07, 6.45) is 4.51. The highest BCUT2D eigenvalue weighted by Crippen LogP contribution is 2.25. The van der Waals surface area contributed by atoms with Gasteiger partial charge in [-0.15, -0.1) is 0 Å². The van der Waals surface area contributed by atoms with E-state index in [4.69, 9.17) is 9.47 Å². The van der Waals surface area contributed by atoms with Gasteiger partial charge in [-0.05, 0) is 54.8 Å². The van der Waals surface area contributed by atoms with Gasteiger partial charge in [0, 0.05) is 25.1 Å². The van der Waals surface area contributed by atoms with Crippen molar-refractivity contribution >= 4 is 22.8 Å². The molecule has 0 saturated carbocycles. The molecule has 1 fully saturated rings. The number of fused-ring (bicyclic) bond motifs is 1. The molecule has 1 aliphatic rings. The number of benzene rings is 2. The van der Waals surface area contributed by atoms with Crippen LogP contribution in [0, 0.1) is 6.92 Å². The number of ketones is 1. The molecule has 150 valence electrons. The molecule has 0 N–H and O–H groups in total. The maximum Gasteiger partial charge on any atom is 0.170 e. The Balaban J connectivity index is 1.41. The summed E-state index contributed by atoms with van der Waals surface area (Å²) in [5.74, 6) is 0.744. The molecule has 0 amide bonds. The number of carbonyl (C=O) groups excluding carboxylic acids is 2. The summed E-state index contributed by atoms with van der Waals surface area (Å²) in [6, 6.07) is 9.55. The summed E-state index contributed by atoms with van der Waals surface area (Å²) in [7, 11) is 0. The number of nitrogens with zero attached hydrogens (tertiary/aromatic N) is 1. The molecule has 2 aromatic rings. The maximum atomic E-state index is 12.1. The zero-order valence-corrected chi connectivity index (χ0v) is 16.6. The van der Waals surface area contributed by atoms with Crippen LogP contribution in [0.15, 0.2) is 30.3 Å². The van der Waals surface area contributed by atoms with Crippen molar-refractivity contribution in [3.8, 4) is 5.75 Å². The first-order valence-electron chi connectivity index (χ1n) is 10.1. The number of hydrogen-bond acceptors (Lipinski definition) is 5. The van der Waals surface area contributed by atoms with Crippen LogP contribution in [-0.2, 0) is 9.53 Å². The Hall–Kier alpha value is -2.24. The fourth-order valence-corrected chi connectivity index (χ4v) is 3.57. The van der Waals surface area contributed by atoms with Crippen LogP contribution in [0.1, 0.15) is 41.6 Å². The van der Waals surface area contributed by atoms with Crippen LogP contribution in [-0.4, -0.2) is 56.4 Å². The Morgan fingerprint density at radius 1 is 1.14 bits per heavy atom. The number of Topliss-reactive ketones (excluding diaryl/α,β-unsaturated/α-hetero) is 1. The van der Waals surface area contributed by atoms with Crippen LogP contribution in [0.2, 0.25) is 0 Å². The van der Waals surface area contributed by atoms with Crippen molar-refractivity contribution in [1.29, 1.82) is 0 Å². The highest BCUT2D eigenvalue weighted by atomic mass is 16.5. The molecule has 2 aromatic carbocycles. The minimum atomic E-state index is 0.0806. The molecule has 0 bridgehead atoms. The van der Waals surface area contributed by atoms with Crippen LogP contribution < -0.4 is 4.74 Å². The van der Waals surface area contributed by atoms with Gasteiger partial charge < -0.3 is 9.47 Å². The zero-order chi connectivity index (χ0) is 19.8. The molecule has 1 saturated heterocycles. The molecular weight excluding hydrogens is 354 g/mol. The van der Waals surface area contributed by atoms with Crippen LogP contribution in [0.4, 0.5) is 0 Å². The number of unbranched alkanes of at least 4 members (excludes halogenated alkanes) is 2. The van der Waals surface area contributed by atoms with E-state index in [0.717, 1.165) is 74.7 Å². The largest absolute Gasteiger partial charge is 0.486 e. The number of hydrogen-bond donors (Lipinski definition) is 0. The number of aryl methyl sites for hydroxylation is 1. The van der Waals surface area contributed by atoms with Gasteiger partial charge in [-0.3, -0.25) is 14.5 Å². The van der Waals surface area contributed by atoms with Crippen molar-refractivity contribution in [3.63, 3.8) is 0 Å². The average molecular weight is 383 g/mol. The average Bonchev–Trinajstić information content (AvgIpc) is 2.72. The lowest BCUT2D eigenvalue weighted by Crippen LogP contribution is -2.36. The lowest BCUT2D eigenvalue weighted by Gasteiger charge is -2.26. The van der Waals surface area contributed by atoms with Crippen LogP contribution >= 0.6 is 0 Å². The summed E-state index contributed by atoms with van der Waals surface area (Å²) >= 11 is 0. The van der Waals surface area contributed by atoms with Gasteiger partial charge in [0.05, 0.1) is 13.2 Å². The van der Waals surface area contributed by atoms with Crippen molar-refractivity contribution < 1.29 is 19.1 Å². The molecule has 5 heteroatoms. The number of morpholine rings is 1. The molecule has 0 atom stereocenters. The molecule has 1 aliphatic heterocycles. The van der Waals surface area contributed by atoms with E-state index in [-0.39, 0.29) is 12.4 Å². The van der Waals surface area contributed by atoms with Gasteiger partial charge in [-0.2, -0.15) is 0 Å². The summed E-state index contributed by atoms with van der Waals surface area (Å²) in [4.78, 5) is 25.9. The third-order valence-corrected chi connectivity index (χ3v) is 5.30. The molecule has 0 aromatic heterocycles. The van der Waals surface area contributed by atoms with Crippen LogP contribution in [0.25, 0.3) is 10.8 Å². The monoisotopic (exact) mass is 383 g/mol. The second kappa shape index (κ2) is 10.3. The molecule has 0 aliphatic carbocycles. The van der Waals surface area contributed by atoms with E-state index in [9.17, 15) is 9.59 Å². The fourth-order valence-electron chi connectivity index (χ4n) is 3.57. The van der Waals surface area contributed by atoms with Gasteiger partial charge >= 0.3 is 0 Å². The Labute approximate surface area is 166 Å². The molecular formula is C23H29NO4. The highest BCUT2D eigenvalue weighted by molar-refractivity contribution is 6.00. The first kappa shape index (κ1) is 20.5. The Bertz CT molecular complexity index is 812. The van der Waals surface area contributed by atoms with E-state index in [2.05, 4.69) is 4.90 Å². The predicted molar refractivity (Wildman–Crippen MR) is 110 cm³/mol. The summed E-state index contributed by atoms with van der Waals surface area (Å²) in [6.45, 7) is 6.78. The maximum absolute atomic E-state index is 12.1. The molecule has 3 rings (SSSR count). The minimum Gasteiger partial charge on any atom is -0.486 e. The van der Waals surface area contributed by atoms with Crippen molar-refractivity contribution in [3.05, 3.63) is 41.5 Å². The van der Waals surface area contributed by atoms with Gasteiger partial charge in [-0.25, -0.2) is 0 Å². The third-order valence-electron chi connectivity index (χ3n) is 5.30. The normalized spacial score (nSPS) is 14.9. The van der Waals surface area contributed by atoms with Crippen LogP contribution in [0.3, 0.4) is 0 Å². The highest BCUT2D eigenvalue weighted by Gasteiger charge is 2.10. The summed E-state index contributed by atoms with van der Waals surface area (Å²) < 4.78 is 11.0. The number of carbonyl (C=O) groups is 2. The molecule has 0 radical (unpaired) electrons. The molecule has 0 unspecified atom stereocenters. The van der Waals surface area contributed by atoms with E-state index in [0.29, 0.717) is 17.7 Å². The van der Waals surface area contributed by atoms with Gasteiger partial charge in [-0.1, -0.05) is 24.6 Å². The standard InChI is InChI=1S/C23H29NO4/c1-18-6-7-19-8-9-21(15-22(19)23(18)16-25)28-17-20(26)5-3-2-4-10-24-11-13-27-14-12-24/h6-9,15-16H,2-5,10-14,17H2,1H3. The van der Waals surface area contributed by atoms with E-state index in [1.54, 1.807) is 0 Å². The van der Waals surface area contributed by atoms with Crippen molar-refractivity contribution in [2.75, 3.05) is 39.5 Å². The smallest absolute Gasteiger partial charge is 0.170 e. The van der Waals surface area contributed by atoms with E-state index < -0.39 is 0 Å². The Morgan fingerprint density at radius 3 is 2.71 bits per heavy atom. The van der Waals surface area contributed by atoms with Crippen LogP contribution in [0.5, 0.6) is 5.75 Å². The van der Waals surface area contributed by atoms with Gasteiger partial charge in [0.25, 0.3) is 0 Å². The number of rotatable bonds is 10. The second-order valence-electron chi connectivity index (χ2n) is 7.39. The lowest BCUT2D eigenvalue weighted by molar-refractivity contribution is -0.121. The van der Waals surface area contributed by atoms with Gasteiger partial charge in [0.15, 0.2) is 12.1 Å². The molecule has 5 nitrogen and oxygen atoms in total. The van der Waals surface area contributed by atoms with Crippen molar-refractivity contribution in [1.82, 2.24) is 4.90 Å². The Morgan fingerprint density at radius 2 is 1.93 bits per heavy atom. The van der Waals surface area contributed by atoms with Gasteiger partial charge in [0.1, 0.15) is 12.4 Å². The quantitative estimate of drug-likeness (QED) is 0.461. The SMILES string of the molecule is Cc1ccc2ccc(OCC(=O)CCCCCN3CCOCC3)cc2c1C=O. The lowest BCUT2D eigenvalue weighted by atomic mass is 10.0. The molecule has 1 heterocycles. The summed E-state index contributed by atoms with van der Waals surface area (Å²) in [5, 5.41) is 1.86. The third kappa shape index (κ3) is 5.63. The van der Waals surface area contributed by atoms with Crippen molar-refractivity contribution in [2.24, 2.45) is 0 Å². The first-order valence-corrected chi connectivity index (χ1v) is 10.1. The van der Waals surface area contributed by atoms with E-state index in [1.807, 2.05) is 37.3 Å². The van der Waals surface area contributed by atoms with Gasteiger partial charge in [0.2, 0.25) is 0 Å². The molecule has 28 heavy (non-hydrogen) atoms. The fraction of sp³-hybridized carbons (Fsp3) is 0.478. The zero-order valence-electron chi connectivity index (χ0n) is 16.6. The second-order valence-corrected chi connectivity index (χ2v) is 7.39.